The average molecular weight is 331 g/mol. The summed E-state index contributed by atoms with van der Waals surface area (Å²) in [5.74, 6) is -0.469. The zero-order chi connectivity index (χ0) is 17.2. The van der Waals surface area contributed by atoms with Gasteiger partial charge in [0, 0.05) is 0 Å². The van der Waals surface area contributed by atoms with E-state index < -0.39 is 5.82 Å². The summed E-state index contributed by atoms with van der Waals surface area (Å²) in [4.78, 5) is 8.32. The summed E-state index contributed by atoms with van der Waals surface area (Å²) in [5.41, 5.74) is 1.60. The Kier molecular flexibility index (Phi) is 3.56. The molecule has 0 saturated heterocycles. The maximum atomic E-state index is 14.1. The molecule has 0 N–H and O–H groups in total. The highest BCUT2D eigenvalue weighted by Crippen LogP contribution is 2.29. The number of fused-ring (bicyclic) bond motifs is 1. The quantitative estimate of drug-likeness (QED) is 0.573. The lowest BCUT2D eigenvalue weighted by Crippen LogP contribution is -1.98. The molecule has 6 nitrogen and oxygen atoms in total. The Balaban J connectivity index is 1.77. The average Bonchev–Trinajstić information content (AvgIpc) is 3.09. The van der Waals surface area contributed by atoms with E-state index in [1.807, 2.05) is 36.4 Å². The molecule has 0 aliphatic carbocycles. The molecule has 0 saturated carbocycles. The van der Waals surface area contributed by atoms with E-state index in [4.69, 9.17) is 10.00 Å². The first-order valence-corrected chi connectivity index (χ1v) is 7.38. The standard InChI is InChI=1S/C18H10FN5O/c19-15-8-12(9-20)6-7-16(15)25-18-14-10-23-24(17(14)21-11-22-18)13-4-2-1-3-5-13/h1-8,10-11H. The van der Waals surface area contributed by atoms with Gasteiger partial charge in [0.05, 0.1) is 23.5 Å². The van der Waals surface area contributed by atoms with Crippen molar-refractivity contribution in [3.63, 3.8) is 0 Å². The lowest BCUT2D eigenvalue weighted by atomic mass is 10.2. The Bertz CT molecular complexity index is 1100. The number of rotatable bonds is 3. The molecule has 0 spiro atoms. The van der Waals surface area contributed by atoms with Crippen LogP contribution in [0.3, 0.4) is 0 Å². The van der Waals surface area contributed by atoms with E-state index in [1.165, 1.54) is 18.5 Å². The van der Waals surface area contributed by atoms with E-state index in [-0.39, 0.29) is 17.2 Å². The lowest BCUT2D eigenvalue weighted by Gasteiger charge is -2.07. The first kappa shape index (κ1) is 14.8. The zero-order valence-corrected chi connectivity index (χ0v) is 12.8. The third-order valence-electron chi connectivity index (χ3n) is 3.60. The summed E-state index contributed by atoms with van der Waals surface area (Å²) in [5, 5.41) is 13.7. The number of aromatic nitrogens is 4. The van der Waals surface area contributed by atoms with Crippen LogP contribution in [0, 0.1) is 17.1 Å². The van der Waals surface area contributed by atoms with Gasteiger partial charge < -0.3 is 4.74 Å². The molecule has 25 heavy (non-hydrogen) atoms. The molecule has 0 atom stereocenters. The number of benzene rings is 2. The number of ether oxygens (including phenoxy) is 1. The minimum Gasteiger partial charge on any atom is -0.435 e. The summed E-state index contributed by atoms with van der Waals surface area (Å²) in [6.45, 7) is 0. The van der Waals surface area contributed by atoms with Crippen LogP contribution in [0.4, 0.5) is 4.39 Å². The molecule has 120 valence electrons. The molecular formula is C18H10FN5O. The third-order valence-corrected chi connectivity index (χ3v) is 3.60. The lowest BCUT2D eigenvalue weighted by molar-refractivity contribution is 0.431. The molecule has 0 aliphatic heterocycles. The summed E-state index contributed by atoms with van der Waals surface area (Å²) >= 11 is 0. The molecule has 4 aromatic rings. The van der Waals surface area contributed by atoms with Crippen molar-refractivity contribution in [3.8, 4) is 23.4 Å². The predicted molar refractivity (Wildman–Crippen MR) is 87.8 cm³/mol. The van der Waals surface area contributed by atoms with E-state index >= 15 is 0 Å². The van der Waals surface area contributed by atoms with Crippen molar-refractivity contribution in [2.45, 2.75) is 0 Å². The molecule has 2 heterocycles. The van der Waals surface area contributed by atoms with E-state index in [2.05, 4.69) is 15.1 Å². The maximum Gasteiger partial charge on any atom is 0.233 e. The Hall–Kier alpha value is -3.79. The van der Waals surface area contributed by atoms with Crippen molar-refractivity contribution in [1.29, 1.82) is 5.26 Å². The maximum absolute atomic E-state index is 14.1. The van der Waals surface area contributed by atoms with Gasteiger partial charge in [-0.25, -0.2) is 19.0 Å². The van der Waals surface area contributed by atoms with Crippen LogP contribution in [-0.2, 0) is 0 Å². The predicted octanol–water partition coefficient (Wildman–Crippen LogP) is 3.62. The number of halogens is 1. The smallest absolute Gasteiger partial charge is 0.233 e. The van der Waals surface area contributed by atoms with Gasteiger partial charge in [0.2, 0.25) is 5.88 Å². The number of nitriles is 1. The van der Waals surface area contributed by atoms with Crippen LogP contribution in [-0.4, -0.2) is 19.7 Å². The zero-order valence-electron chi connectivity index (χ0n) is 12.8. The molecule has 2 aromatic carbocycles. The van der Waals surface area contributed by atoms with Gasteiger partial charge in [-0.2, -0.15) is 10.4 Å². The van der Waals surface area contributed by atoms with Crippen molar-refractivity contribution in [2.24, 2.45) is 0 Å². The van der Waals surface area contributed by atoms with Crippen LogP contribution in [0.25, 0.3) is 16.7 Å². The van der Waals surface area contributed by atoms with Gasteiger partial charge in [-0.15, -0.1) is 0 Å². The topological polar surface area (TPSA) is 76.6 Å². The van der Waals surface area contributed by atoms with Gasteiger partial charge >= 0.3 is 0 Å². The Morgan fingerprint density at radius 3 is 2.68 bits per heavy atom. The van der Waals surface area contributed by atoms with Crippen molar-refractivity contribution in [1.82, 2.24) is 19.7 Å². The first-order chi connectivity index (χ1) is 12.3. The molecule has 0 amide bonds. The number of hydrogen-bond donors (Lipinski definition) is 0. The van der Waals surface area contributed by atoms with Gasteiger partial charge in [-0.1, -0.05) is 18.2 Å². The number of hydrogen-bond acceptors (Lipinski definition) is 5. The van der Waals surface area contributed by atoms with Gasteiger partial charge in [-0.3, -0.25) is 0 Å². The van der Waals surface area contributed by atoms with Crippen LogP contribution >= 0.6 is 0 Å². The van der Waals surface area contributed by atoms with E-state index in [0.717, 1.165) is 11.8 Å². The molecule has 7 heteroatoms. The van der Waals surface area contributed by atoms with Crippen LogP contribution in [0.1, 0.15) is 5.56 Å². The highest BCUT2D eigenvalue weighted by Gasteiger charge is 2.14. The van der Waals surface area contributed by atoms with E-state index in [1.54, 1.807) is 10.9 Å². The molecule has 2 aromatic heterocycles. The van der Waals surface area contributed by atoms with Crippen LogP contribution < -0.4 is 4.74 Å². The Morgan fingerprint density at radius 1 is 1.08 bits per heavy atom. The molecule has 4 rings (SSSR count). The van der Waals surface area contributed by atoms with Gasteiger partial charge in [-0.05, 0) is 30.3 Å². The minimum absolute atomic E-state index is 0.0218. The van der Waals surface area contributed by atoms with Crippen LogP contribution in [0.2, 0.25) is 0 Å². The monoisotopic (exact) mass is 331 g/mol. The summed E-state index contributed by atoms with van der Waals surface area (Å²) in [7, 11) is 0. The molecule has 0 fully saturated rings. The van der Waals surface area contributed by atoms with Crippen molar-refractivity contribution in [2.75, 3.05) is 0 Å². The fraction of sp³-hybridized carbons (Fsp3) is 0. The highest BCUT2D eigenvalue weighted by molar-refractivity contribution is 5.81. The number of para-hydroxylation sites is 1. The minimum atomic E-state index is -0.638. The van der Waals surface area contributed by atoms with E-state index in [9.17, 15) is 4.39 Å². The van der Waals surface area contributed by atoms with Crippen LogP contribution in [0.5, 0.6) is 11.6 Å². The first-order valence-electron chi connectivity index (χ1n) is 7.38. The van der Waals surface area contributed by atoms with Gasteiger partial charge in [0.15, 0.2) is 17.2 Å². The molecule has 0 unspecified atom stereocenters. The molecule has 0 bridgehead atoms. The number of nitrogens with zero attached hydrogens (tertiary/aromatic N) is 5. The fourth-order valence-electron chi connectivity index (χ4n) is 2.42. The Morgan fingerprint density at radius 2 is 1.92 bits per heavy atom. The molecular weight excluding hydrogens is 321 g/mol. The second kappa shape index (κ2) is 6.02. The SMILES string of the molecule is N#Cc1ccc(Oc2ncnc3c2cnn3-c2ccccc2)c(F)c1. The fourth-order valence-corrected chi connectivity index (χ4v) is 2.42. The second-order valence-electron chi connectivity index (χ2n) is 5.17. The normalized spacial score (nSPS) is 10.6. The Labute approximate surface area is 141 Å². The summed E-state index contributed by atoms with van der Waals surface area (Å²) < 4.78 is 21.3. The van der Waals surface area contributed by atoms with Gasteiger partial charge in [0.25, 0.3) is 0 Å². The summed E-state index contributed by atoms with van der Waals surface area (Å²) in [6.07, 6.45) is 2.90. The largest absolute Gasteiger partial charge is 0.435 e. The van der Waals surface area contributed by atoms with Gasteiger partial charge in [0.1, 0.15) is 11.7 Å². The third kappa shape index (κ3) is 2.66. The van der Waals surface area contributed by atoms with Crippen molar-refractivity contribution < 1.29 is 9.13 Å². The second-order valence-corrected chi connectivity index (χ2v) is 5.17. The molecule has 0 aliphatic rings. The van der Waals surface area contributed by atoms with Crippen molar-refractivity contribution >= 4 is 11.0 Å². The van der Waals surface area contributed by atoms with Crippen LogP contribution in [0.15, 0.2) is 61.1 Å². The summed E-state index contributed by atoms with van der Waals surface area (Å²) in [6, 6.07) is 15.4. The van der Waals surface area contributed by atoms with E-state index in [0.29, 0.717) is 11.0 Å². The highest BCUT2D eigenvalue weighted by atomic mass is 19.1. The van der Waals surface area contributed by atoms with Crippen molar-refractivity contribution in [3.05, 3.63) is 72.4 Å². The molecule has 0 radical (unpaired) electrons.